The minimum atomic E-state index is -0.830. The Kier molecular flexibility index (Phi) is 4.61. The maximum absolute atomic E-state index is 12.9. The second kappa shape index (κ2) is 7.07. The molecule has 0 bridgehead atoms. The third-order valence-electron chi connectivity index (χ3n) is 5.66. The van der Waals surface area contributed by atoms with E-state index in [-0.39, 0.29) is 17.9 Å². The summed E-state index contributed by atoms with van der Waals surface area (Å²) in [7, 11) is 0. The first-order valence-corrected chi connectivity index (χ1v) is 8.97. The maximum Gasteiger partial charge on any atom is 0.308 e. The summed E-state index contributed by atoms with van der Waals surface area (Å²) in [6.07, 6.45) is 2.89. The van der Waals surface area contributed by atoms with Gasteiger partial charge in [-0.05, 0) is 41.0 Å². The Hall–Kier alpha value is -2.81. The van der Waals surface area contributed by atoms with Crippen molar-refractivity contribution < 1.29 is 19.4 Å². The van der Waals surface area contributed by atoms with Crippen molar-refractivity contribution in [1.82, 2.24) is 25.1 Å². The van der Waals surface area contributed by atoms with Crippen molar-refractivity contribution in [1.29, 1.82) is 0 Å². The van der Waals surface area contributed by atoms with Gasteiger partial charge in [0.15, 0.2) is 0 Å². The van der Waals surface area contributed by atoms with Gasteiger partial charge in [0.05, 0.1) is 12.5 Å². The Labute approximate surface area is 155 Å². The van der Waals surface area contributed by atoms with Crippen molar-refractivity contribution >= 4 is 11.9 Å². The van der Waals surface area contributed by atoms with E-state index in [0.29, 0.717) is 44.7 Å². The van der Waals surface area contributed by atoms with Crippen molar-refractivity contribution in [2.24, 2.45) is 11.3 Å². The largest absolute Gasteiger partial charge is 0.481 e. The van der Waals surface area contributed by atoms with Gasteiger partial charge in [-0.15, -0.1) is 5.10 Å². The van der Waals surface area contributed by atoms with E-state index in [4.69, 9.17) is 4.74 Å². The zero-order valence-corrected chi connectivity index (χ0v) is 14.8. The van der Waals surface area contributed by atoms with E-state index in [1.807, 2.05) is 12.1 Å². The first-order valence-electron chi connectivity index (χ1n) is 8.97. The van der Waals surface area contributed by atoms with Gasteiger partial charge in [0, 0.05) is 37.3 Å². The zero-order chi connectivity index (χ0) is 18.9. The molecule has 1 aromatic heterocycles. The molecule has 1 atom stereocenters. The van der Waals surface area contributed by atoms with Crippen molar-refractivity contribution in [3.8, 4) is 0 Å². The molecule has 0 aliphatic carbocycles. The highest BCUT2D eigenvalue weighted by Crippen LogP contribution is 2.44. The van der Waals surface area contributed by atoms with Crippen LogP contribution in [0.15, 0.2) is 30.6 Å². The molecule has 2 fully saturated rings. The average Bonchev–Trinajstić information content (AvgIpc) is 3.31. The second-order valence-corrected chi connectivity index (χ2v) is 7.26. The molecule has 1 spiro atoms. The number of hydrogen-bond acceptors (Lipinski definition) is 6. The molecule has 3 heterocycles. The predicted octanol–water partition coefficient (Wildman–Crippen LogP) is 0.675. The van der Waals surface area contributed by atoms with Gasteiger partial charge in [0.1, 0.15) is 6.33 Å². The molecule has 0 saturated carbocycles. The van der Waals surface area contributed by atoms with Gasteiger partial charge in [0.2, 0.25) is 0 Å². The number of carboxylic acids is 1. The molecule has 27 heavy (non-hydrogen) atoms. The number of carboxylic acid groups (broad SMARTS) is 1. The first-order chi connectivity index (χ1) is 13.1. The number of aliphatic carboxylic acids is 1. The van der Waals surface area contributed by atoms with Gasteiger partial charge >= 0.3 is 5.97 Å². The number of benzene rings is 1. The fraction of sp³-hybridized carbons (Fsp3) is 0.500. The van der Waals surface area contributed by atoms with Crippen molar-refractivity contribution in [2.75, 3.05) is 26.3 Å². The van der Waals surface area contributed by atoms with Crippen LogP contribution in [0.4, 0.5) is 0 Å². The SMILES string of the molecule is O=C(O)C1CN(C(=O)c2ccc(Cn3cnnn3)cc2)CC12CCOCC2. The molecule has 9 nitrogen and oxygen atoms in total. The summed E-state index contributed by atoms with van der Waals surface area (Å²) in [6, 6.07) is 7.27. The first kappa shape index (κ1) is 17.6. The topological polar surface area (TPSA) is 110 Å². The van der Waals surface area contributed by atoms with Gasteiger partial charge < -0.3 is 14.7 Å². The minimum Gasteiger partial charge on any atom is -0.481 e. The third kappa shape index (κ3) is 3.42. The van der Waals surface area contributed by atoms with Gasteiger partial charge in [0.25, 0.3) is 5.91 Å². The second-order valence-electron chi connectivity index (χ2n) is 7.26. The lowest BCUT2D eigenvalue weighted by Gasteiger charge is -2.36. The number of amides is 1. The van der Waals surface area contributed by atoms with Gasteiger partial charge in [-0.1, -0.05) is 12.1 Å². The van der Waals surface area contributed by atoms with Crippen LogP contribution >= 0.6 is 0 Å². The summed E-state index contributed by atoms with van der Waals surface area (Å²) in [6.45, 7) is 2.35. The van der Waals surface area contributed by atoms with Crippen LogP contribution in [-0.4, -0.2) is 68.4 Å². The van der Waals surface area contributed by atoms with Gasteiger partial charge in [-0.2, -0.15) is 0 Å². The maximum atomic E-state index is 12.9. The highest BCUT2D eigenvalue weighted by Gasteiger charge is 2.52. The van der Waals surface area contributed by atoms with E-state index < -0.39 is 11.9 Å². The highest BCUT2D eigenvalue weighted by molar-refractivity contribution is 5.95. The summed E-state index contributed by atoms with van der Waals surface area (Å²) < 4.78 is 7.01. The zero-order valence-electron chi connectivity index (χ0n) is 14.8. The average molecular weight is 371 g/mol. The standard InChI is InChI=1S/C18H21N5O4/c24-16(14-3-1-13(2-4-14)9-23-12-19-20-21-23)22-10-15(17(25)26)18(11-22)5-7-27-8-6-18/h1-4,12,15H,5-11H2,(H,25,26). The molecule has 1 unspecified atom stereocenters. The molecule has 2 aliphatic heterocycles. The van der Waals surface area contributed by atoms with E-state index >= 15 is 0 Å². The Morgan fingerprint density at radius 2 is 1.96 bits per heavy atom. The van der Waals surface area contributed by atoms with Crippen LogP contribution in [0.3, 0.4) is 0 Å². The minimum absolute atomic E-state index is 0.126. The Balaban J connectivity index is 1.48. The number of carbonyl (C=O) groups is 2. The number of rotatable bonds is 4. The highest BCUT2D eigenvalue weighted by atomic mass is 16.5. The van der Waals surface area contributed by atoms with Gasteiger partial charge in [-0.25, -0.2) is 4.68 Å². The lowest BCUT2D eigenvalue weighted by Crippen LogP contribution is -2.40. The molecule has 2 aromatic rings. The van der Waals surface area contributed by atoms with Crippen LogP contribution in [0.1, 0.15) is 28.8 Å². The summed E-state index contributed by atoms with van der Waals surface area (Å²) in [4.78, 5) is 26.4. The van der Waals surface area contributed by atoms with Crippen LogP contribution < -0.4 is 0 Å². The number of likely N-dealkylation sites (tertiary alicyclic amines) is 1. The van der Waals surface area contributed by atoms with E-state index in [2.05, 4.69) is 15.5 Å². The Bertz CT molecular complexity index is 815. The smallest absolute Gasteiger partial charge is 0.308 e. The van der Waals surface area contributed by atoms with Crippen LogP contribution in [0, 0.1) is 11.3 Å². The molecule has 4 rings (SSSR count). The van der Waals surface area contributed by atoms with E-state index in [1.165, 1.54) is 6.33 Å². The van der Waals surface area contributed by atoms with Crippen molar-refractivity contribution in [3.63, 3.8) is 0 Å². The number of ether oxygens (including phenoxy) is 1. The van der Waals surface area contributed by atoms with Crippen LogP contribution in [0.5, 0.6) is 0 Å². The van der Waals surface area contributed by atoms with E-state index in [9.17, 15) is 14.7 Å². The summed E-state index contributed by atoms with van der Waals surface area (Å²) in [5.41, 5.74) is 1.16. The van der Waals surface area contributed by atoms with Crippen LogP contribution in [0.2, 0.25) is 0 Å². The molecule has 2 saturated heterocycles. The Morgan fingerprint density at radius 3 is 2.59 bits per heavy atom. The van der Waals surface area contributed by atoms with E-state index in [1.54, 1.807) is 21.7 Å². The van der Waals surface area contributed by atoms with Crippen LogP contribution in [0.25, 0.3) is 0 Å². The number of carbonyl (C=O) groups excluding carboxylic acids is 1. The molecule has 1 N–H and O–H groups in total. The fourth-order valence-electron chi connectivity index (χ4n) is 4.12. The molecule has 142 valence electrons. The summed E-state index contributed by atoms with van der Waals surface area (Å²) >= 11 is 0. The molecule has 1 aromatic carbocycles. The normalized spacial score (nSPS) is 21.5. The third-order valence-corrected chi connectivity index (χ3v) is 5.66. The summed E-state index contributed by atoms with van der Waals surface area (Å²) in [5.74, 6) is -1.49. The molecular formula is C18H21N5O4. The number of hydrogen-bond donors (Lipinski definition) is 1. The molecule has 9 heteroatoms. The van der Waals surface area contributed by atoms with Crippen molar-refractivity contribution in [2.45, 2.75) is 19.4 Å². The van der Waals surface area contributed by atoms with Crippen LogP contribution in [-0.2, 0) is 16.1 Å². The van der Waals surface area contributed by atoms with Gasteiger partial charge in [-0.3, -0.25) is 9.59 Å². The van der Waals surface area contributed by atoms with E-state index in [0.717, 1.165) is 5.56 Å². The Morgan fingerprint density at radius 1 is 1.22 bits per heavy atom. The number of tetrazole rings is 1. The van der Waals surface area contributed by atoms with Crippen molar-refractivity contribution in [3.05, 3.63) is 41.7 Å². The lowest BCUT2D eigenvalue weighted by atomic mass is 9.72. The lowest BCUT2D eigenvalue weighted by molar-refractivity contribution is -0.146. The molecule has 0 radical (unpaired) electrons. The molecule has 2 aliphatic rings. The molecular weight excluding hydrogens is 350 g/mol. The number of aromatic nitrogens is 4. The molecule has 1 amide bonds. The predicted molar refractivity (Wildman–Crippen MR) is 92.9 cm³/mol. The summed E-state index contributed by atoms with van der Waals surface area (Å²) in [5, 5.41) is 20.7. The fourth-order valence-corrected chi connectivity index (χ4v) is 4.12. The monoisotopic (exact) mass is 371 g/mol. The quantitative estimate of drug-likeness (QED) is 0.841. The number of nitrogens with zero attached hydrogens (tertiary/aromatic N) is 5.